The second kappa shape index (κ2) is 3.72. The molecule has 0 unspecified atom stereocenters. The SMILES string of the molecule is CCCN1C(=O)CC(CN)=C1C. The van der Waals surface area contributed by atoms with E-state index in [2.05, 4.69) is 6.92 Å². The Hall–Kier alpha value is -0.830. The van der Waals surface area contributed by atoms with E-state index in [0.29, 0.717) is 13.0 Å². The maximum atomic E-state index is 11.4. The van der Waals surface area contributed by atoms with Gasteiger partial charge in [-0.25, -0.2) is 0 Å². The number of carbonyl (C=O) groups excluding carboxylic acids is 1. The fraction of sp³-hybridized carbons (Fsp3) is 0.667. The first-order valence-corrected chi connectivity index (χ1v) is 4.39. The van der Waals surface area contributed by atoms with Gasteiger partial charge >= 0.3 is 0 Å². The largest absolute Gasteiger partial charge is 0.327 e. The van der Waals surface area contributed by atoms with Gasteiger partial charge in [0.15, 0.2) is 0 Å². The Bertz CT molecular complexity index is 221. The molecule has 1 heterocycles. The number of allylic oxidation sites excluding steroid dienone is 1. The molecule has 0 aromatic carbocycles. The highest BCUT2D eigenvalue weighted by Crippen LogP contribution is 2.22. The molecule has 1 aliphatic heterocycles. The van der Waals surface area contributed by atoms with Crippen molar-refractivity contribution in [1.29, 1.82) is 0 Å². The summed E-state index contributed by atoms with van der Waals surface area (Å²) in [5, 5.41) is 0. The third kappa shape index (κ3) is 1.50. The van der Waals surface area contributed by atoms with E-state index in [0.717, 1.165) is 24.2 Å². The Morgan fingerprint density at radius 1 is 1.58 bits per heavy atom. The molecule has 0 saturated heterocycles. The van der Waals surface area contributed by atoms with Gasteiger partial charge in [0.25, 0.3) is 0 Å². The molecule has 0 aliphatic carbocycles. The van der Waals surface area contributed by atoms with E-state index in [1.807, 2.05) is 11.8 Å². The van der Waals surface area contributed by atoms with E-state index < -0.39 is 0 Å². The maximum absolute atomic E-state index is 11.4. The fourth-order valence-electron chi connectivity index (χ4n) is 1.52. The summed E-state index contributed by atoms with van der Waals surface area (Å²) in [5.74, 6) is 0.204. The summed E-state index contributed by atoms with van der Waals surface area (Å²) >= 11 is 0. The minimum Gasteiger partial charge on any atom is -0.327 e. The number of carbonyl (C=O) groups is 1. The highest BCUT2D eigenvalue weighted by molar-refractivity contribution is 5.84. The van der Waals surface area contributed by atoms with Crippen molar-refractivity contribution in [1.82, 2.24) is 4.90 Å². The molecule has 1 amide bonds. The topological polar surface area (TPSA) is 46.3 Å². The first-order chi connectivity index (χ1) is 5.70. The van der Waals surface area contributed by atoms with E-state index in [4.69, 9.17) is 5.73 Å². The molecule has 1 rings (SSSR count). The van der Waals surface area contributed by atoms with Crippen molar-refractivity contribution < 1.29 is 4.79 Å². The minimum absolute atomic E-state index is 0.204. The lowest BCUT2D eigenvalue weighted by Gasteiger charge is -2.16. The lowest BCUT2D eigenvalue weighted by atomic mass is 10.2. The predicted octanol–water partition coefficient (Wildman–Crippen LogP) is 0.861. The summed E-state index contributed by atoms with van der Waals surface area (Å²) in [6.45, 7) is 5.38. The van der Waals surface area contributed by atoms with Crippen molar-refractivity contribution in [2.75, 3.05) is 13.1 Å². The van der Waals surface area contributed by atoms with Crippen LogP contribution in [0, 0.1) is 0 Å². The summed E-state index contributed by atoms with van der Waals surface area (Å²) in [5.41, 5.74) is 7.67. The van der Waals surface area contributed by atoms with E-state index in [1.165, 1.54) is 0 Å². The highest BCUT2D eigenvalue weighted by Gasteiger charge is 2.24. The molecule has 2 N–H and O–H groups in total. The van der Waals surface area contributed by atoms with Crippen molar-refractivity contribution in [3.8, 4) is 0 Å². The number of nitrogens with zero attached hydrogens (tertiary/aromatic N) is 1. The molecule has 1 aliphatic rings. The molecule has 0 aromatic heterocycles. The zero-order valence-electron chi connectivity index (χ0n) is 7.76. The Balaban J connectivity index is 2.73. The summed E-state index contributed by atoms with van der Waals surface area (Å²) in [6.07, 6.45) is 1.53. The average molecular weight is 168 g/mol. The molecule has 0 atom stereocenters. The Labute approximate surface area is 73.2 Å². The maximum Gasteiger partial charge on any atom is 0.230 e. The van der Waals surface area contributed by atoms with Crippen molar-refractivity contribution in [3.63, 3.8) is 0 Å². The molecule has 0 aromatic rings. The van der Waals surface area contributed by atoms with Gasteiger partial charge in [0.2, 0.25) is 5.91 Å². The Kier molecular flexibility index (Phi) is 2.87. The number of hydrogen-bond donors (Lipinski definition) is 1. The number of amides is 1. The van der Waals surface area contributed by atoms with Gasteiger partial charge in [0, 0.05) is 18.8 Å². The van der Waals surface area contributed by atoms with Crippen LogP contribution in [0.5, 0.6) is 0 Å². The summed E-state index contributed by atoms with van der Waals surface area (Å²) in [4.78, 5) is 13.2. The monoisotopic (exact) mass is 168 g/mol. The molecule has 0 bridgehead atoms. The molecule has 0 fully saturated rings. The van der Waals surface area contributed by atoms with Gasteiger partial charge in [-0.05, 0) is 18.9 Å². The predicted molar refractivity (Wildman–Crippen MR) is 48.4 cm³/mol. The first kappa shape index (κ1) is 9.26. The summed E-state index contributed by atoms with van der Waals surface area (Å²) < 4.78 is 0. The summed E-state index contributed by atoms with van der Waals surface area (Å²) in [6, 6.07) is 0. The van der Waals surface area contributed by atoms with Crippen LogP contribution in [0.15, 0.2) is 11.3 Å². The molecular formula is C9H16N2O. The van der Waals surface area contributed by atoms with Crippen LogP contribution >= 0.6 is 0 Å². The molecule has 0 radical (unpaired) electrons. The van der Waals surface area contributed by atoms with Gasteiger partial charge in [-0.3, -0.25) is 4.79 Å². The van der Waals surface area contributed by atoms with Gasteiger partial charge in [0.1, 0.15) is 0 Å². The quantitative estimate of drug-likeness (QED) is 0.679. The lowest BCUT2D eigenvalue weighted by Crippen LogP contribution is -2.24. The van der Waals surface area contributed by atoms with Crippen LogP contribution in [0.25, 0.3) is 0 Å². The van der Waals surface area contributed by atoms with Crippen molar-refractivity contribution >= 4 is 5.91 Å². The second-order valence-electron chi connectivity index (χ2n) is 3.12. The van der Waals surface area contributed by atoms with Crippen LogP contribution in [0.4, 0.5) is 0 Å². The molecule has 0 spiro atoms. The van der Waals surface area contributed by atoms with E-state index in [9.17, 15) is 4.79 Å². The number of rotatable bonds is 3. The highest BCUT2D eigenvalue weighted by atomic mass is 16.2. The second-order valence-corrected chi connectivity index (χ2v) is 3.12. The van der Waals surface area contributed by atoms with E-state index >= 15 is 0 Å². The third-order valence-electron chi connectivity index (χ3n) is 2.28. The molecular weight excluding hydrogens is 152 g/mol. The molecule has 3 nitrogen and oxygen atoms in total. The fourth-order valence-corrected chi connectivity index (χ4v) is 1.52. The molecule has 3 heteroatoms. The van der Waals surface area contributed by atoms with Gasteiger partial charge < -0.3 is 10.6 Å². The lowest BCUT2D eigenvalue weighted by molar-refractivity contribution is -0.127. The van der Waals surface area contributed by atoms with Gasteiger partial charge in [-0.15, -0.1) is 0 Å². The summed E-state index contributed by atoms with van der Waals surface area (Å²) in [7, 11) is 0. The van der Waals surface area contributed by atoms with Gasteiger partial charge in [0.05, 0.1) is 6.42 Å². The van der Waals surface area contributed by atoms with Crippen molar-refractivity contribution in [2.45, 2.75) is 26.7 Å². The zero-order valence-corrected chi connectivity index (χ0v) is 7.76. The van der Waals surface area contributed by atoms with Crippen LogP contribution < -0.4 is 5.73 Å². The standard InChI is InChI=1S/C9H16N2O/c1-3-4-11-7(2)8(6-10)5-9(11)12/h3-6,10H2,1-2H3. The molecule has 12 heavy (non-hydrogen) atoms. The minimum atomic E-state index is 0.204. The van der Waals surface area contributed by atoms with Crippen LogP contribution in [-0.2, 0) is 4.79 Å². The zero-order chi connectivity index (χ0) is 9.14. The third-order valence-corrected chi connectivity index (χ3v) is 2.28. The Morgan fingerprint density at radius 3 is 2.67 bits per heavy atom. The van der Waals surface area contributed by atoms with E-state index in [1.54, 1.807) is 0 Å². The number of hydrogen-bond acceptors (Lipinski definition) is 2. The number of nitrogens with two attached hydrogens (primary N) is 1. The molecule has 68 valence electrons. The average Bonchev–Trinajstić information content (AvgIpc) is 2.32. The van der Waals surface area contributed by atoms with Crippen molar-refractivity contribution in [3.05, 3.63) is 11.3 Å². The van der Waals surface area contributed by atoms with Crippen LogP contribution in [0.2, 0.25) is 0 Å². The van der Waals surface area contributed by atoms with Crippen molar-refractivity contribution in [2.24, 2.45) is 5.73 Å². The smallest absolute Gasteiger partial charge is 0.230 e. The first-order valence-electron chi connectivity index (χ1n) is 4.39. The normalized spacial score (nSPS) is 17.9. The van der Waals surface area contributed by atoms with Crippen LogP contribution in [0.1, 0.15) is 26.7 Å². The van der Waals surface area contributed by atoms with Crippen LogP contribution in [-0.4, -0.2) is 23.9 Å². The van der Waals surface area contributed by atoms with E-state index in [-0.39, 0.29) is 5.91 Å². The van der Waals surface area contributed by atoms with Gasteiger partial charge in [-0.2, -0.15) is 0 Å². The van der Waals surface area contributed by atoms with Crippen LogP contribution in [0.3, 0.4) is 0 Å². The Morgan fingerprint density at radius 2 is 2.25 bits per heavy atom. The molecule has 0 saturated carbocycles. The van der Waals surface area contributed by atoms with Gasteiger partial charge in [-0.1, -0.05) is 6.92 Å².